The van der Waals surface area contributed by atoms with Crippen LogP contribution in [0.3, 0.4) is 0 Å². The smallest absolute Gasteiger partial charge is 0.339 e. The number of carboxylic acids is 1. The third kappa shape index (κ3) is 1.15. The summed E-state index contributed by atoms with van der Waals surface area (Å²) in [6.07, 6.45) is 3.15. The molecule has 0 saturated heterocycles. The highest BCUT2D eigenvalue weighted by molar-refractivity contribution is 6.33. The number of nitrogens with one attached hydrogen (secondary N) is 1. The van der Waals surface area contributed by atoms with Crippen molar-refractivity contribution >= 4 is 28.5 Å². The van der Waals surface area contributed by atoms with Crippen LogP contribution in [0.25, 0.3) is 10.9 Å². The largest absolute Gasteiger partial charge is 0.478 e. The summed E-state index contributed by atoms with van der Waals surface area (Å²) < 4.78 is 0. The molecule has 2 N–H and O–H groups in total. The maximum atomic E-state index is 10.8. The Kier molecular flexibility index (Phi) is 1.70. The highest BCUT2D eigenvalue weighted by atomic mass is 35.5. The summed E-state index contributed by atoms with van der Waals surface area (Å²) >= 11 is 5.65. The molecule has 0 aromatic carbocycles. The number of hydrogen-bond donors (Lipinski definition) is 2. The standard InChI is InChI=1S/C8H5ClN2O2/c9-7-6(8(12)13)4-1-2-10-5(4)3-11-7/h1-3,10H,(H,12,13). The Labute approximate surface area is 78.2 Å². The van der Waals surface area contributed by atoms with Crippen LogP contribution in [0, 0.1) is 0 Å². The predicted molar refractivity (Wildman–Crippen MR) is 48.1 cm³/mol. The molecule has 0 fully saturated rings. The summed E-state index contributed by atoms with van der Waals surface area (Å²) in [6, 6.07) is 1.66. The van der Waals surface area contributed by atoms with Gasteiger partial charge in [-0.15, -0.1) is 0 Å². The Bertz CT molecular complexity index is 478. The zero-order valence-corrected chi connectivity index (χ0v) is 7.17. The van der Waals surface area contributed by atoms with Gasteiger partial charge in [0.1, 0.15) is 10.7 Å². The van der Waals surface area contributed by atoms with Gasteiger partial charge in [-0.25, -0.2) is 9.78 Å². The number of carboxylic acid groups (broad SMARTS) is 1. The summed E-state index contributed by atoms with van der Waals surface area (Å²) in [4.78, 5) is 17.4. The lowest BCUT2D eigenvalue weighted by Crippen LogP contribution is -1.99. The van der Waals surface area contributed by atoms with Crippen molar-refractivity contribution in [3.63, 3.8) is 0 Å². The number of carbonyl (C=O) groups is 1. The van der Waals surface area contributed by atoms with Crippen molar-refractivity contribution in [3.8, 4) is 0 Å². The second-order valence-electron chi connectivity index (χ2n) is 2.53. The average Bonchev–Trinajstić information content (AvgIpc) is 2.50. The molecule has 4 nitrogen and oxygen atoms in total. The van der Waals surface area contributed by atoms with Gasteiger partial charge in [-0.2, -0.15) is 0 Å². The van der Waals surface area contributed by atoms with Crippen LogP contribution in [0.5, 0.6) is 0 Å². The predicted octanol–water partition coefficient (Wildman–Crippen LogP) is 1.91. The number of fused-ring (bicyclic) bond motifs is 1. The van der Waals surface area contributed by atoms with E-state index in [0.29, 0.717) is 10.9 Å². The van der Waals surface area contributed by atoms with E-state index in [2.05, 4.69) is 9.97 Å². The lowest BCUT2D eigenvalue weighted by molar-refractivity contribution is 0.0699. The van der Waals surface area contributed by atoms with E-state index in [1.54, 1.807) is 12.3 Å². The minimum absolute atomic E-state index is 0.0135. The van der Waals surface area contributed by atoms with Crippen molar-refractivity contribution in [3.05, 3.63) is 29.2 Å². The van der Waals surface area contributed by atoms with Gasteiger partial charge < -0.3 is 10.1 Å². The molecule has 13 heavy (non-hydrogen) atoms. The molecule has 0 amide bonds. The molecule has 0 aliphatic carbocycles. The highest BCUT2D eigenvalue weighted by Gasteiger charge is 2.14. The molecule has 2 rings (SSSR count). The summed E-state index contributed by atoms with van der Waals surface area (Å²) in [6.45, 7) is 0. The van der Waals surface area contributed by atoms with Crippen LogP contribution < -0.4 is 0 Å². The second kappa shape index (κ2) is 2.74. The molecule has 0 spiro atoms. The van der Waals surface area contributed by atoms with Crippen molar-refractivity contribution in [2.24, 2.45) is 0 Å². The molecule has 0 atom stereocenters. The normalized spacial score (nSPS) is 10.5. The van der Waals surface area contributed by atoms with E-state index >= 15 is 0 Å². The lowest BCUT2D eigenvalue weighted by Gasteiger charge is -1.98. The van der Waals surface area contributed by atoms with Crippen molar-refractivity contribution in [2.75, 3.05) is 0 Å². The molecule has 66 valence electrons. The molecule has 0 aliphatic heterocycles. The molecule has 0 bridgehead atoms. The Morgan fingerprint density at radius 3 is 3.08 bits per heavy atom. The maximum absolute atomic E-state index is 10.8. The first-order valence-electron chi connectivity index (χ1n) is 3.55. The first kappa shape index (κ1) is 8.07. The van der Waals surface area contributed by atoms with Crippen LogP contribution in [-0.4, -0.2) is 21.0 Å². The SMILES string of the molecule is O=C(O)c1c(Cl)ncc2[nH]ccc12. The number of rotatable bonds is 1. The number of aromatic nitrogens is 2. The van der Waals surface area contributed by atoms with E-state index in [4.69, 9.17) is 16.7 Å². The van der Waals surface area contributed by atoms with E-state index in [1.165, 1.54) is 6.20 Å². The van der Waals surface area contributed by atoms with E-state index in [0.717, 1.165) is 0 Å². The number of hydrogen-bond acceptors (Lipinski definition) is 2. The molecule has 2 heterocycles. The Balaban J connectivity index is 2.88. The third-order valence-corrected chi connectivity index (χ3v) is 2.06. The maximum Gasteiger partial charge on any atom is 0.339 e. The van der Waals surface area contributed by atoms with Crippen molar-refractivity contribution in [1.82, 2.24) is 9.97 Å². The van der Waals surface area contributed by atoms with Crippen molar-refractivity contribution in [1.29, 1.82) is 0 Å². The van der Waals surface area contributed by atoms with Crippen LogP contribution in [0.2, 0.25) is 5.15 Å². The van der Waals surface area contributed by atoms with Crippen LogP contribution in [0.4, 0.5) is 0 Å². The summed E-state index contributed by atoms with van der Waals surface area (Å²) in [5.41, 5.74) is 0.710. The lowest BCUT2D eigenvalue weighted by atomic mass is 10.2. The second-order valence-corrected chi connectivity index (χ2v) is 2.89. The van der Waals surface area contributed by atoms with Gasteiger partial charge >= 0.3 is 5.97 Å². The Morgan fingerprint density at radius 1 is 1.62 bits per heavy atom. The molecule has 0 radical (unpaired) electrons. The van der Waals surface area contributed by atoms with Crippen LogP contribution >= 0.6 is 11.6 Å². The average molecular weight is 197 g/mol. The number of H-pyrrole nitrogens is 1. The Hall–Kier alpha value is -1.55. The van der Waals surface area contributed by atoms with Crippen LogP contribution in [0.15, 0.2) is 18.5 Å². The molecule has 0 aliphatic rings. The quantitative estimate of drug-likeness (QED) is 0.685. The topological polar surface area (TPSA) is 66.0 Å². The number of nitrogens with zero attached hydrogens (tertiary/aromatic N) is 1. The first-order valence-corrected chi connectivity index (χ1v) is 3.93. The van der Waals surface area contributed by atoms with Crippen LogP contribution in [-0.2, 0) is 0 Å². The van der Waals surface area contributed by atoms with Crippen molar-refractivity contribution < 1.29 is 9.90 Å². The summed E-state index contributed by atoms with van der Waals surface area (Å²) in [5.74, 6) is -1.07. The van der Waals surface area contributed by atoms with Gasteiger partial charge in [-0.3, -0.25) is 0 Å². The monoisotopic (exact) mass is 196 g/mol. The van der Waals surface area contributed by atoms with E-state index in [1.807, 2.05) is 0 Å². The molecule has 0 saturated carbocycles. The molecule has 5 heteroatoms. The van der Waals surface area contributed by atoms with E-state index in [-0.39, 0.29) is 10.7 Å². The van der Waals surface area contributed by atoms with Gasteiger partial charge in [0.15, 0.2) is 0 Å². The summed E-state index contributed by atoms with van der Waals surface area (Å²) in [7, 11) is 0. The van der Waals surface area contributed by atoms with E-state index < -0.39 is 5.97 Å². The zero-order valence-electron chi connectivity index (χ0n) is 6.41. The van der Waals surface area contributed by atoms with E-state index in [9.17, 15) is 4.79 Å². The fraction of sp³-hybridized carbons (Fsp3) is 0. The van der Waals surface area contributed by atoms with Gasteiger partial charge in [-0.05, 0) is 6.07 Å². The molecular formula is C8H5ClN2O2. The van der Waals surface area contributed by atoms with Gasteiger partial charge in [0.05, 0.1) is 11.7 Å². The fourth-order valence-electron chi connectivity index (χ4n) is 1.21. The first-order chi connectivity index (χ1) is 6.20. The highest BCUT2D eigenvalue weighted by Crippen LogP contribution is 2.22. The number of halogens is 1. The third-order valence-electron chi connectivity index (χ3n) is 1.78. The minimum atomic E-state index is -1.07. The minimum Gasteiger partial charge on any atom is -0.478 e. The zero-order chi connectivity index (χ0) is 9.42. The number of pyridine rings is 1. The van der Waals surface area contributed by atoms with Gasteiger partial charge in [0.25, 0.3) is 0 Å². The molecule has 2 aromatic rings. The van der Waals surface area contributed by atoms with Gasteiger partial charge in [-0.1, -0.05) is 11.6 Å². The molecule has 0 unspecified atom stereocenters. The Morgan fingerprint density at radius 2 is 2.38 bits per heavy atom. The molecule has 2 aromatic heterocycles. The van der Waals surface area contributed by atoms with Gasteiger partial charge in [0.2, 0.25) is 0 Å². The number of aromatic amines is 1. The summed E-state index contributed by atoms with van der Waals surface area (Å²) in [5, 5.41) is 9.43. The fourth-order valence-corrected chi connectivity index (χ4v) is 1.44. The van der Waals surface area contributed by atoms with Crippen LogP contribution in [0.1, 0.15) is 10.4 Å². The molecular weight excluding hydrogens is 192 g/mol. The van der Waals surface area contributed by atoms with Crippen molar-refractivity contribution in [2.45, 2.75) is 0 Å². The van der Waals surface area contributed by atoms with Gasteiger partial charge in [0, 0.05) is 11.6 Å². The number of aromatic carboxylic acids is 1.